The Morgan fingerprint density at radius 3 is 0.646 bits per heavy atom. The van der Waals surface area contributed by atoms with Crippen molar-refractivity contribution in [1.82, 2.24) is 59.8 Å². The second kappa shape index (κ2) is 34.3. The second-order valence-electron chi connectivity index (χ2n) is 14.7. The van der Waals surface area contributed by atoms with Gasteiger partial charge in [-0.3, -0.25) is 29.9 Å². The van der Waals surface area contributed by atoms with Crippen molar-refractivity contribution in [1.29, 1.82) is 0 Å². The summed E-state index contributed by atoms with van der Waals surface area (Å²) in [7, 11) is 6.35. The molecule has 79 heavy (non-hydrogen) atoms. The molecule has 27 heteroatoms. The fourth-order valence-electron chi connectivity index (χ4n) is 6.15. The first-order chi connectivity index (χ1) is 36.0. The summed E-state index contributed by atoms with van der Waals surface area (Å²) in [5.74, 6) is 4.55. The fourth-order valence-corrected chi connectivity index (χ4v) is 9.06. The molecule has 0 aliphatic heterocycles. The number of pyridine rings is 6. The molecule has 0 amide bonds. The molecule has 0 radical (unpaired) electrons. The first-order valence-corrected chi connectivity index (χ1v) is 29.5. The zero-order valence-corrected chi connectivity index (χ0v) is 48.4. The van der Waals surface area contributed by atoms with Gasteiger partial charge in [0.25, 0.3) is 0 Å². The van der Waals surface area contributed by atoms with Crippen LogP contribution in [-0.2, 0) is 73.6 Å². The first-order valence-electron chi connectivity index (χ1n) is 22.0. The molecule has 0 saturated heterocycles. The maximum atomic E-state index is 5.15. The molecule has 0 saturated carbocycles. The topological polar surface area (TPSA) is 318 Å². The molecule has 2 atom stereocenters. The molecule has 8 heterocycles. The number of benzene rings is 2. The van der Waals surface area contributed by atoms with Crippen LogP contribution in [0.2, 0.25) is 0 Å². The van der Waals surface area contributed by atoms with Crippen LogP contribution in [0.3, 0.4) is 0 Å². The van der Waals surface area contributed by atoms with Crippen LogP contribution in [0.25, 0.3) is 69.1 Å². The molecule has 0 aliphatic rings. The Labute approximate surface area is 487 Å². The van der Waals surface area contributed by atoms with Gasteiger partial charge in [0, 0.05) is 51.4 Å². The molecule has 8 N–H and O–H groups in total. The number of hydrogen-bond donors (Lipinski definition) is 0. The average molecular weight is 1220 g/mol. The summed E-state index contributed by atoms with van der Waals surface area (Å²) in [4.78, 5) is 53.1. The predicted molar refractivity (Wildman–Crippen MR) is 316 cm³/mol. The van der Waals surface area contributed by atoms with Crippen LogP contribution < -0.4 is 20.1 Å². The van der Waals surface area contributed by atoms with Crippen LogP contribution in [-0.4, -0.2) is 110 Å². The van der Waals surface area contributed by atoms with Crippen LogP contribution in [0.4, 0.5) is 0 Å². The summed E-state index contributed by atoms with van der Waals surface area (Å²) >= 11 is 20.6. The van der Waals surface area contributed by atoms with Crippen molar-refractivity contribution < 1.29 is 56.9 Å². The largest absolute Gasteiger partial charge is 2.00 e. The second-order valence-corrected chi connectivity index (χ2v) is 26.0. The number of rotatable bonds is 12. The van der Waals surface area contributed by atoms with Crippen LogP contribution in [0.5, 0.6) is 11.5 Å². The summed E-state index contributed by atoms with van der Waals surface area (Å²) in [5, 5.41) is 1.78. The van der Waals surface area contributed by atoms with E-state index in [4.69, 9.17) is 66.6 Å². The van der Waals surface area contributed by atoms with E-state index in [0.29, 0.717) is 69.1 Å². The van der Waals surface area contributed by atoms with Crippen LogP contribution in [0.15, 0.2) is 195 Å². The summed E-state index contributed by atoms with van der Waals surface area (Å²) in [6, 6.07) is 48.4. The van der Waals surface area contributed by atoms with Crippen molar-refractivity contribution in [3.8, 4) is 80.6 Å². The van der Waals surface area contributed by atoms with E-state index >= 15 is 0 Å². The van der Waals surface area contributed by atoms with Gasteiger partial charge in [-0.2, -0.15) is 0 Å². The maximum Gasteiger partial charge on any atom is 2.00 e. The Kier molecular flexibility index (Phi) is 29.6. The van der Waals surface area contributed by atoms with Gasteiger partial charge < -0.3 is 64.9 Å². The Bertz CT molecular complexity index is 2930. The zero-order valence-electron chi connectivity index (χ0n) is 42.3. The SMILES string of the molecule is COc1ccc(P(=S)([S-])OC)cc1.COc1ccc(P(=S)([S-])OC)cc1.O.O.O.O.[Ni+2].c1ccc(-c2nc(-c3ccccn3)nc(-c3ccccn3)n2)nc1.c1ccc(-c2nc(-c3ccccn3)nc(-c3ccccn3)n2)nc1. The molecule has 0 fully saturated rings. The van der Waals surface area contributed by atoms with Gasteiger partial charge in [0.05, 0.1) is 14.2 Å². The van der Waals surface area contributed by atoms with Gasteiger partial charge >= 0.3 is 16.5 Å². The summed E-state index contributed by atoms with van der Waals surface area (Å²) < 4.78 is 20.2. The van der Waals surface area contributed by atoms with Crippen molar-refractivity contribution >= 4 is 69.7 Å². The van der Waals surface area contributed by atoms with E-state index < -0.39 is 10.9 Å². The Hall–Kier alpha value is -6.79. The summed E-state index contributed by atoms with van der Waals surface area (Å²) in [6.07, 6.45) is 10.3. The fraction of sp³-hybridized carbons (Fsp3) is 0.0769. The molecular formula is C52H52N12NiO8P2S4. The average Bonchev–Trinajstić information content (AvgIpc) is 3.49. The third kappa shape index (κ3) is 19.8. The minimum Gasteiger partial charge on any atom is -0.715 e. The number of ether oxygens (including phenoxy) is 2. The van der Waals surface area contributed by atoms with E-state index in [9.17, 15) is 0 Å². The van der Waals surface area contributed by atoms with Gasteiger partial charge in [0.2, 0.25) is 0 Å². The molecule has 412 valence electrons. The van der Waals surface area contributed by atoms with E-state index in [-0.39, 0.29) is 38.4 Å². The number of hydrogen-bond acceptors (Lipinski definition) is 20. The molecule has 20 nitrogen and oxygen atoms in total. The standard InChI is InChI=1S/2C18H12N6.2C8H11O2PS2.Ni.4H2O/c2*1-4-10-19-13(7-1)16-22-17(14-8-2-5-11-20-14)24-18(23-16)15-9-3-6-12-21-15;2*1-9-7-3-5-8(6-4-7)11(12,13)10-2;;;;;/h2*1-12H;2*3-6H,1-2H3,(H,12,13);;4*1H2/q;;;;+2;;;;/p-2. The van der Waals surface area contributed by atoms with Gasteiger partial charge in [0.15, 0.2) is 34.9 Å². The quantitative estimate of drug-likeness (QED) is 0.0719. The van der Waals surface area contributed by atoms with Gasteiger partial charge in [0.1, 0.15) is 45.7 Å². The molecule has 0 spiro atoms. The minimum absolute atomic E-state index is 0. The van der Waals surface area contributed by atoms with E-state index in [1.54, 1.807) is 65.6 Å². The van der Waals surface area contributed by atoms with Crippen LogP contribution in [0.1, 0.15) is 0 Å². The minimum atomic E-state index is -2.20. The number of methoxy groups -OCH3 is 2. The van der Waals surface area contributed by atoms with E-state index in [1.807, 2.05) is 158 Å². The van der Waals surface area contributed by atoms with E-state index in [1.165, 1.54) is 0 Å². The van der Waals surface area contributed by atoms with Crippen LogP contribution in [0, 0.1) is 0 Å². The monoisotopic (exact) mass is 1220 g/mol. The predicted octanol–water partition coefficient (Wildman–Crippen LogP) is 6.46. The van der Waals surface area contributed by atoms with Crippen molar-refractivity contribution in [2.75, 3.05) is 28.4 Å². The third-order valence-corrected chi connectivity index (χ3v) is 17.0. The molecule has 0 bridgehead atoms. The molecule has 2 unspecified atom stereocenters. The van der Waals surface area contributed by atoms with Gasteiger partial charge in [-0.05, 0) is 143 Å². The Morgan fingerprint density at radius 1 is 0.316 bits per heavy atom. The molecule has 8 aromatic heterocycles. The van der Waals surface area contributed by atoms with E-state index in [2.05, 4.69) is 59.8 Å². The Morgan fingerprint density at radius 2 is 0.506 bits per heavy atom. The number of nitrogens with zero attached hydrogens (tertiary/aromatic N) is 12. The van der Waals surface area contributed by atoms with Gasteiger partial charge in [-0.1, -0.05) is 60.0 Å². The molecular weight excluding hydrogens is 1170 g/mol. The zero-order chi connectivity index (χ0) is 52.2. The smallest absolute Gasteiger partial charge is 0.715 e. The first kappa shape index (κ1) is 68.3. The van der Waals surface area contributed by atoms with Gasteiger partial charge in [-0.25, -0.2) is 29.9 Å². The normalized spacial score (nSPS) is 11.3. The van der Waals surface area contributed by atoms with Crippen molar-refractivity contribution in [2.24, 2.45) is 0 Å². The van der Waals surface area contributed by atoms with Crippen molar-refractivity contribution in [2.45, 2.75) is 0 Å². The van der Waals surface area contributed by atoms with Crippen molar-refractivity contribution in [3.63, 3.8) is 0 Å². The Balaban J connectivity index is 0.000000367. The van der Waals surface area contributed by atoms with Crippen LogP contribution >= 0.6 is 10.9 Å². The van der Waals surface area contributed by atoms with Crippen molar-refractivity contribution in [3.05, 3.63) is 195 Å². The third-order valence-electron chi connectivity index (χ3n) is 9.89. The number of aromatic nitrogens is 12. The molecule has 10 aromatic rings. The van der Waals surface area contributed by atoms with Gasteiger partial charge in [-0.15, -0.1) is 0 Å². The maximum absolute atomic E-state index is 5.15. The summed E-state index contributed by atoms with van der Waals surface area (Å²) in [6.45, 7) is 0. The molecule has 10 rings (SSSR count). The van der Waals surface area contributed by atoms with E-state index in [0.717, 1.165) is 22.1 Å². The summed E-state index contributed by atoms with van der Waals surface area (Å²) in [5.41, 5.74) is -0.339. The molecule has 0 aliphatic carbocycles. The molecule has 2 aromatic carbocycles.